The predicted octanol–water partition coefficient (Wildman–Crippen LogP) is 2.96. The fraction of sp³-hybridized carbons (Fsp3) is 0.375. The second kappa shape index (κ2) is 5.49. The molecule has 1 aliphatic rings. The molecule has 1 aromatic carbocycles. The number of carbonyl (C=O) groups excluding carboxylic acids is 1. The Kier molecular flexibility index (Phi) is 3.54. The van der Waals surface area contributed by atoms with Gasteiger partial charge in [-0.05, 0) is 55.9 Å². The normalized spacial score (nSPS) is 15.4. The van der Waals surface area contributed by atoms with Gasteiger partial charge in [0, 0.05) is 18.1 Å². The number of carbonyl (C=O) groups is 1. The number of anilines is 1. The Morgan fingerprint density at radius 2 is 2.15 bits per heavy atom. The molecule has 0 fully saturated rings. The first-order valence-electron chi connectivity index (χ1n) is 7.16. The Bertz CT molecular complexity index is 604. The largest absolute Gasteiger partial charge is 0.324 e. The minimum atomic E-state index is -0.301. The highest BCUT2D eigenvalue weighted by Gasteiger charge is 2.18. The van der Waals surface area contributed by atoms with Crippen LogP contribution < -0.4 is 5.32 Å². The summed E-state index contributed by atoms with van der Waals surface area (Å²) >= 11 is 0. The molecular formula is C16H19N3O. The lowest BCUT2D eigenvalue weighted by Crippen LogP contribution is -2.25. The minimum absolute atomic E-state index is 0.0207. The average molecular weight is 269 g/mol. The molecule has 0 radical (unpaired) electrons. The number of amides is 1. The third-order valence-corrected chi connectivity index (χ3v) is 3.95. The number of aromatic nitrogens is 2. The lowest BCUT2D eigenvalue weighted by atomic mass is 9.90. The van der Waals surface area contributed by atoms with Gasteiger partial charge in [-0.3, -0.25) is 9.48 Å². The first kappa shape index (κ1) is 12.9. The monoisotopic (exact) mass is 269 g/mol. The summed E-state index contributed by atoms with van der Waals surface area (Å²) < 4.78 is 1.67. The van der Waals surface area contributed by atoms with Crippen molar-refractivity contribution in [3.63, 3.8) is 0 Å². The van der Waals surface area contributed by atoms with Crippen molar-refractivity contribution < 1.29 is 4.79 Å². The highest BCUT2D eigenvalue weighted by Crippen LogP contribution is 2.28. The molecule has 1 aliphatic carbocycles. The van der Waals surface area contributed by atoms with E-state index < -0.39 is 0 Å². The molecule has 1 atom stereocenters. The molecule has 0 saturated carbocycles. The number of hydrogen-bond acceptors (Lipinski definition) is 2. The lowest BCUT2D eigenvalue weighted by Gasteiger charge is -2.21. The quantitative estimate of drug-likeness (QED) is 0.931. The van der Waals surface area contributed by atoms with E-state index in [1.54, 1.807) is 10.9 Å². The first-order chi connectivity index (χ1) is 9.75. The topological polar surface area (TPSA) is 46.9 Å². The van der Waals surface area contributed by atoms with Crippen LogP contribution in [0.5, 0.6) is 0 Å². The molecule has 1 N–H and O–H groups in total. The van der Waals surface area contributed by atoms with Crippen molar-refractivity contribution in [2.75, 3.05) is 5.32 Å². The molecule has 1 unspecified atom stereocenters. The van der Waals surface area contributed by atoms with Crippen LogP contribution >= 0.6 is 0 Å². The Labute approximate surface area is 118 Å². The number of fused-ring (bicyclic) bond motifs is 1. The van der Waals surface area contributed by atoms with Crippen molar-refractivity contribution in [1.82, 2.24) is 9.78 Å². The van der Waals surface area contributed by atoms with E-state index in [-0.39, 0.29) is 11.9 Å². The van der Waals surface area contributed by atoms with Gasteiger partial charge in [0.2, 0.25) is 5.91 Å². The van der Waals surface area contributed by atoms with E-state index in [1.807, 2.05) is 31.3 Å². The summed E-state index contributed by atoms with van der Waals surface area (Å²) in [7, 11) is 0. The van der Waals surface area contributed by atoms with E-state index >= 15 is 0 Å². The van der Waals surface area contributed by atoms with E-state index in [9.17, 15) is 4.79 Å². The zero-order chi connectivity index (χ0) is 13.9. The van der Waals surface area contributed by atoms with Gasteiger partial charge in [0.15, 0.2) is 0 Å². The number of aryl methyl sites for hydroxylation is 1. The molecule has 4 heteroatoms. The molecule has 0 saturated heterocycles. The van der Waals surface area contributed by atoms with E-state index in [2.05, 4.69) is 16.5 Å². The van der Waals surface area contributed by atoms with Crippen LogP contribution in [0.15, 0.2) is 36.7 Å². The summed E-state index contributed by atoms with van der Waals surface area (Å²) in [4.78, 5) is 12.3. The van der Waals surface area contributed by atoms with Gasteiger partial charge in [-0.1, -0.05) is 12.1 Å². The Hall–Kier alpha value is -2.10. The summed E-state index contributed by atoms with van der Waals surface area (Å²) in [5.74, 6) is -0.0207. The van der Waals surface area contributed by atoms with Crippen molar-refractivity contribution in [3.8, 4) is 0 Å². The molecule has 0 spiro atoms. The zero-order valence-electron chi connectivity index (χ0n) is 11.7. The summed E-state index contributed by atoms with van der Waals surface area (Å²) in [5.41, 5.74) is 3.65. The molecule has 1 amide bonds. The van der Waals surface area contributed by atoms with Crippen LogP contribution in [0.2, 0.25) is 0 Å². The fourth-order valence-electron chi connectivity index (χ4n) is 2.77. The molecule has 0 bridgehead atoms. The Morgan fingerprint density at radius 3 is 2.95 bits per heavy atom. The molecule has 2 aromatic rings. The number of nitrogens with one attached hydrogen (secondary N) is 1. The number of hydrogen-bond donors (Lipinski definition) is 1. The maximum absolute atomic E-state index is 12.3. The first-order valence-corrected chi connectivity index (χ1v) is 7.16. The van der Waals surface area contributed by atoms with Gasteiger partial charge in [0.05, 0.1) is 0 Å². The van der Waals surface area contributed by atoms with Crippen molar-refractivity contribution in [2.45, 2.75) is 38.6 Å². The van der Waals surface area contributed by atoms with Gasteiger partial charge in [-0.2, -0.15) is 5.10 Å². The summed E-state index contributed by atoms with van der Waals surface area (Å²) in [5, 5.41) is 7.18. The number of benzene rings is 1. The van der Waals surface area contributed by atoms with Crippen molar-refractivity contribution in [3.05, 3.63) is 47.8 Å². The second-order valence-corrected chi connectivity index (χ2v) is 5.30. The maximum atomic E-state index is 12.3. The maximum Gasteiger partial charge on any atom is 0.248 e. The number of nitrogens with zero attached hydrogens (tertiary/aromatic N) is 2. The molecule has 0 aliphatic heterocycles. The molecule has 3 rings (SSSR count). The standard InChI is InChI=1S/C16H19N3O/c1-12(19-11-5-10-17-19)16(20)18-15-9-4-7-13-6-2-3-8-14(13)15/h4-5,7,9-12H,2-3,6,8H2,1H3,(H,18,20). The molecule has 4 nitrogen and oxygen atoms in total. The predicted molar refractivity (Wildman–Crippen MR) is 78.7 cm³/mol. The Balaban J connectivity index is 1.79. The molecular weight excluding hydrogens is 250 g/mol. The average Bonchev–Trinajstić information content (AvgIpc) is 3.01. The SMILES string of the molecule is CC(C(=O)Nc1cccc2c1CCCC2)n1cccn1. The molecule has 1 aromatic heterocycles. The van der Waals surface area contributed by atoms with Crippen LogP contribution in [0.3, 0.4) is 0 Å². The minimum Gasteiger partial charge on any atom is -0.324 e. The Morgan fingerprint density at radius 1 is 1.30 bits per heavy atom. The molecule has 104 valence electrons. The summed E-state index contributed by atoms with van der Waals surface area (Å²) in [6.07, 6.45) is 8.12. The van der Waals surface area contributed by atoms with E-state index in [0.29, 0.717) is 0 Å². The smallest absolute Gasteiger partial charge is 0.248 e. The van der Waals surface area contributed by atoms with Crippen LogP contribution in [0.1, 0.15) is 36.9 Å². The van der Waals surface area contributed by atoms with Crippen molar-refractivity contribution in [1.29, 1.82) is 0 Å². The lowest BCUT2D eigenvalue weighted by molar-refractivity contribution is -0.119. The van der Waals surface area contributed by atoms with Gasteiger partial charge in [0.1, 0.15) is 6.04 Å². The van der Waals surface area contributed by atoms with Crippen molar-refractivity contribution >= 4 is 11.6 Å². The van der Waals surface area contributed by atoms with Crippen LogP contribution in [-0.2, 0) is 17.6 Å². The van der Waals surface area contributed by atoms with E-state index in [4.69, 9.17) is 0 Å². The van der Waals surface area contributed by atoms with Crippen molar-refractivity contribution in [2.24, 2.45) is 0 Å². The number of rotatable bonds is 3. The van der Waals surface area contributed by atoms with E-state index in [1.165, 1.54) is 24.0 Å². The van der Waals surface area contributed by atoms with Gasteiger partial charge in [0.25, 0.3) is 0 Å². The van der Waals surface area contributed by atoms with Gasteiger partial charge < -0.3 is 5.32 Å². The van der Waals surface area contributed by atoms with Gasteiger partial charge >= 0.3 is 0 Å². The van der Waals surface area contributed by atoms with Crippen LogP contribution in [0.4, 0.5) is 5.69 Å². The fourth-order valence-corrected chi connectivity index (χ4v) is 2.77. The van der Waals surface area contributed by atoms with Crippen LogP contribution in [-0.4, -0.2) is 15.7 Å². The van der Waals surface area contributed by atoms with Crippen LogP contribution in [0.25, 0.3) is 0 Å². The van der Waals surface area contributed by atoms with Gasteiger partial charge in [-0.15, -0.1) is 0 Å². The highest BCUT2D eigenvalue weighted by atomic mass is 16.2. The van der Waals surface area contributed by atoms with E-state index in [0.717, 1.165) is 18.5 Å². The highest BCUT2D eigenvalue weighted by molar-refractivity contribution is 5.94. The van der Waals surface area contributed by atoms with Crippen LogP contribution in [0, 0.1) is 0 Å². The molecule has 1 heterocycles. The third-order valence-electron chi connectivity index (χ3n) is 3.95. The van der Waals surface area contributed by atoms with Gasteiger partial charge in [-0.25, -0.2) is 0 Å². The molecule has 20 heavy (non-hydrogen) atoms. The third kappa shape index (κ3) is 2.46. The summed E-state index contributed by atoms with van der Waals surface area (Å²) in [6, 6.07) is 7.72. The second-order valence-electron chi connectivity index (χ2n) is 5.30. The summed E-state index contributed by atoms with van der Waals surface area (Å²) in [6.45, 7) is 1.86. The zero-order valence-corrected chi connectivity index (χ0v) is 11.7.